The van der Waals surface area contributed by atoms with Crippen molar-refractivity contribution in [1.29, 1.82) is 0 Å². The molecule has 0 radical (unpaired) electrons. The van der Waals surface area contributed by atoms with Crippen LogP contribution in [-0.4, -0.2) is 42.9 Å². The van der Waals surface area contributed by atoms with Crippen molar-refractivity contribution in [2.45, 2.75) is 58.5 Å². The maximum atomic E-state index is 13.6. The van der Waals surface area contributed by atoms with Crippen LogP contribution >= 0.6 is 0 Å². The van der Waals surface area contributed by atoms with E-state index in [9.17, 15) is 18.8 Å². The summed E-state index contributed by atoms with van der Waals surface area (Å²) in [5.41, 5.74) is 0.531. The number of anilines is 1. The predicted octanol–water partition coefficient (Wildman–Crippen LogP) is 2.57. The van der Waals surface area contributed by atoms with Gasteiger partial charge < -0.3 is 15.6 Å². The van der Waals surface area contributed by atoms with Crippen LogP contribution in [0, 0.1) is 24.6 Å². The molecule has 4 rings (SSSR count). The van der Waals surface area contributed by atoms with Crippen molar-refractivity contribution in [2.24, 2.45) is 11.8 Å². The van der Waals surface area contributed by atoms with Crippen molar-refractivity contribution in [3.63, 3.8) is 0 Å². The summed E-state index contributed by atoms with van der Waals surface area (Å²) in [5, 5.41) is 17.1. The average molecular weight is 486 g/mol. The normalized spacial score (nSPS) is 19.7. The number of aryl methyl sites for hydroxylation is 1. The highest BCUT2D eigenvalue weighted by Crippen LogP contribution is 2.31. The van der Waals surface area contributed by atoms with Gasteiger partial charge in [0.2, 0.25) is 5.91 Å². The van der Waals surface area contributed by atoms with Crippen LogP contribution < -0.4 is 16.2 Å². The average Bonchev–Trinajstić information content (AvgIpc) is 3.48. The van der Waals surface area contributed by atoms with Crippen molar-refractivity contribution in [1.82, 2.24) is 30.4 Å². The van der Waals surface area contributed by atoms with E-state index >= 15 is 0 Å². The van der Waals surface area contributed by atoms with E-state index in [-0.39, 0.29) is 23.1 Å². The van der Waals surface area contributed by atoms with Crippen LogP contribution in [0.25, 0.3) is 0 Å². The summed E-state index contributed by atoms with van der Waals surface area (Å²) >= 11 is 0. The lowest BCUT2D eigenvalue weighted by Gasteiger charge is -2.32. The highest BCUT2D eigenvalue weighted by molar-refractivity contribution is 6.00. The zero-order valence-electron chi connectivity index (χ0n) is 19.7. The third kappa shape index (κ3) is 5.47. The van der Waals surface area contributed by atoms with Gasteiger partial charge in [0, 0.05) is 18.0 Å². The van der Waals surface area contributed by atoms with Gasteiger partial charge in [0.05, 0.1) is 17.9 Å². The Morgan fingerprint density at radius 2 is 2.00 bits per heavy atom. The predicted molar refractivity (Wildman–Crippen MR) is 123 cm³/mol. The molecule has 2 unspecified atom stereocenters. The fraction of sp³-hybridized carbons (Fsp3) is 0.478. The summed E-state index contributed by atoms with van der Waals surface area (Å²) < 4.78 is 19.7. The number of halogens is 1. The molecule has 2 amide bonds. The summed E-state index contributed by atoms with van der Waals surface area (Å²) in [7, 11) is 0. The molecule has 1 fully saturated rings. The molecule has 1 saturated carbocycles. The third-order valence-electron chi connectivity index (χ3n) is 6.58. The molecular weight excluding hydrogens is 457 g/mol. The van der Waals surface area contributed by atoms with Gasteiger partial charge in [0.15, 0.2) is 5.69 Å². The van der Waals surface area contributed by atoms with Gasteiger partial charge >= 0.3 is 0 Å². The van der Waals surface area contributed by atoms with Crippen molar-refractivity contribution < 1.29 is 18.6 Å². The number of aromatic amines is 1. The molecule has 0 aliphatic heterocycles. The molecule has 3 aromatic heterocycles. The number of nitrogens with one attached hydrogen (secondary N) is 3. The summed E-state index contributed by atoms with van der Waals surface area (Å²) in [6, 6.07) is -0.212. The summed E-state index contributed by atoms with van der Waals surface area (Å²) in [6.07, 6.45) is 7.52. The molecule has 3 aromatic rings. The molecule has 11 nitrogen and oxygen atoms in total. The number of hydrogen-bond acceptors (Lipinski definition) is 7. The monoisotopic (exact) mass is 485 g/mol. The van der Waals surface area contributed by atoms with Gasteiger partial charge in [-0.1, -0.05) is 24.9 Å². The minimum atomic E-state index is -0.794. The molecule has 0 spiro atoms. The van der Waals surface area contributed by atoms with E-state index in [1.165, 1.54) is 10.9 Å². The Balaban J connectivity index is 1.51. The summed E-state index contributed by atoms with van der Waals surface area (Å²) in [4.78, 5) is 40.5. The van der Waals surface area contributed by atoms with Gasteiger partial charge in [0.25, 0.3) is 11.5 Å². The highest BCUT2D eigenvalue weighted by Gasteiger charge is 2.34. The summed E-state index contributed by atoms with van der Waals surface area (Å²) in [5.74, 6) is -0.960. The van der Waals surface area contributed by atoms with Crippen LogP contribution in [0.3, 0.4) is 0 Å². The standard InChI is InChI=1S/C23H28FN7O4/c1-12-4-6-15(7-5-12)20(28-22(33)19-13(2)29-35-30-19)23(34)27-17-10-26-31(11-17)14(3)18-8-16(24)9-25-21(18)32/h8-12,14-15,20H,4-7H2,1-3H3,(H,25,32)(H,27,34)(H,28,33). The minimum Gasteiger partial charge on any atom is -0.338 e. The first kappa shape index (κ1) is 24.3. The molecule has 1 aliphatic rings. The van der Waals surface area contributed by atoms with Gasteiger partial charge in [-0.3, -0.25) is 19.1 Å². The second kappa shape index (κ2) is 10.2. The van der Waals surface area contributed by atoms with Crippen molar-refractivity contribution in [3.05, 3.63) is 57.8 Å². The Bertz CT molecular complexity index is 1260. The summed E-state index contributed by atoms with van der Waals surface area (Å²) in [6.45, 7) is 5.47. The lowest BCUT2D eigenvalue weighted by Crippen LogP contribution is -2.49. The third-order valence-corrected chi connectivity index (χ3v) is 6.58. The Labute approximate surface area is 200 Å². The van der Waals surface area contributed by atoms with Crippen LogP contribution in [-0.2, 0) is 4.79 Å². The zero-order valence-corrected chi connectivity index (χ0v) is 19.7. The van der Waals surface area contributed by atoms with E-state index < -0.39 is 29.4 Å². The molecular formula is C23H28FN7O4. The molecule has 3 heterocycles. The Kier molecular flexibility index (Phi) is 7.08. The molecule has 0 bridgehead atoms. The zero-order chi connectivity index (χ0) is 25.1. The first-order valence-electron chi connectivity index (χ1n) is 11.6. The largest absolute Gasteiger partial charge is 0.338 e. The van der Waals surface area contributed by atoms with Crippen molar-refractivity contribution in [3.8, 4) is 0 Å². The van der Waals surface area contributed by atoms with Crippen LogP contribution in [0.15, 0.2) is 34.1 Å². The first-order valence-corrected chi connectivity index (χ1v) is 11.6. The second-order valence-corrected chi connectivity index (χ2v) is 9.15. The number of rotatable bonds is 7. The number of hydrogen-bond donors (Lipinski definition) is 3. The lowest BCUT2D eigenvalue weighted by molar-refractivity contribution is -0.119. The van der Waals surface area contributed by atoms with Gasteiger partial charge in [-0.05, 0) is 49.7 Å². The van der Waals surface area contributed by atoms with Crippen molar-refractivity contribution >= 4 is 17.5 Å². The Morgan fingerprint density at radius 1 is 1.26 bits per heavy atom. The molecule has 0 saturated heterocycles. The number of carbonyl (C=O) groups excluding carboxylic acids is 2. The molecule has 1 aliphatic carbocycles. The van der Waals surface area contributed by atoms with Gasteiger partial charge in [-0.15, -0.1) is 0 Å². The smallest absolute Gasteiger partial charge is 0.276 e. The van der Waals surface area contributed by atoms with E-state index in [0.717, 1.165) is 37.9 Å². The lowest BCUT2D eigenvalue weighted by atomic mass is 9.79. The maximum Gasteiger partial charge on any atom is 0.276 e. The molecule has 12 heteroatoms. The SMILES string of the molecule is Cc1nonc1C(=O)NC(C(=O)Nc1cnn(C(C)c2cc(F)c[nH]c2=O)c1)C1CCC(C)CC1. The quantitative estimate of drug-likeness (QED) is 0.466. The Hall–Kier alpha value is -3.83. The second-order valence-electron chi connectivity index (χ2n) is 9.15. The van der Waals surface area contributed by atoms with Crippen LogP contribution in [0.2, 0.25) is 0 Å². The Morgan fingerprint density at radius 3 is 2.69 bits per heavy atom. The van der Waals surface area contributed by atoms with E-state index in [2.05, 4.69) is 42.6 Å². The number of amides is 2. The number of H-pyrrole nitrogens is 1. The van der Waals surface area contributed by atoms with E-state index in [0.29, 0.717) is 17.3 Å². The molecule has 2 atom stereocenters. The number of pyridine rings is 1. The highest BCUT2D eigenvalue weighted by atomic mass is 19.1. The topological polar surface area (TPSA) is 148 Å². The van der Waals surface area contributed by atoms with Crippen LogP contribution in [0.1, 0.15) is 67.3 Å². The molecule has 186 valence electrons. The van der Waals surface area contributed by atoms with Crippen molar-refractivity contribution in [2.75, 3.05) is 5.32 Å². The molecule has 0 aromatic carbocycles. The molecule has 3 N–H and O–H groups in total. The van der Waals surface area contributed by atoms with Crippen LogP contribution in [0.5, 0.6) is 0 Å². The number of carbonyl (C=O) groups is 2. The fourth-order valence-electron chi connectivity index (χ4n) is 4.42. The van der Waals surface area contributed by atoms with E-state index in [1.54, 1.807) is 20.0 Å². The van der Waals surface area contributed by atoms with Gasteiger partial charge in [-0.2, -0.15) is 5.10 Å². The van der Waals surface area contributed by atoms with Gasteiger partial charge in [0.1, 0.15) is 17.6 Å². The number of aromatic nitrogens is 5. The van der Waals surface area contributed by atoms with Crippen LogP contribution in [0.4, 0.5) is 10.1 Å². The first-order chi connectivity index (χ1) is 16.7. The van der Waals surface area contributed by atoms with Gasteiger partial charge in [-0.25, -0.2) is 9.02 Å². The number of nitrogens with zero attached hydrogens (tertiary/aromatic N) is 4. The molecule has 35 heavy (non-hydrogen) atoms. The maximum absolute atomic E-state index is 13.6. The minimum absolute atomic E-state index is 0.0361. The van der Waals surface area contributed by atoms with E-state index in [4.69, 9.17) is 0 Å². The van der Waals surface area contributed by atoms with E-state index in [1.807, 2.05) is 0 Å². The fourth-order valence-corrected chi connectivity index (χ4v) is 4.42.